The Morgan fingerprint density at radius 1 is 1.38 bits per heavy atom. The van der Waals surface area contributed by atoms with E-state index >= 15 is 0 Å². The van der Waals surface area contributed by atoms with Gasteiger partial charge in [0.05, 0.1) is 37.2 Å². The van der Waals surface area contributed by atoms with E-state index in [1.807, 2.05) is 16.7 Å². The van der Waals surface area contributed by atoms with Crippen molar-refractivity contribution in [1.29, 1.82) is 5.26 Å². The van der Waals surface area contributed by atoms with E-state index < -0.39 is 23.2 Å². The van der Waals surface area contributed by atoms with Crippen LogP contribution in [0.4, 0.5) is 13.2 Å². The smallest absolute Gasteiger partial charge is 0.437 e. The molecule has 2 aromatic rings. The lowest BCUT2D eigenvalue weighted by molar-refractivity contribution is -0.363. The van der Waals surface area contributed by atoms with Crippen LogP contribution in [0.5, 0.6) is 11.5 Å². The number of aromatic nitrogens is 2. The summed E-state index contributed by atoms with van der Waals surface area (Å²) >= 11 is 5.90. The second-order valence-electron chi connectivity index (χ2n) is 7.05. The van der Waals surface area contributed by atoms with Crippen molar-refractivity contribution >= 4 is 17.5 Å². The summed E-state index contributed by atoms with van der Waals surface area (Å²) in [7, 11) is 1.48. The van der Waals surface area contributed by atoms with Gasteiger partial charge in [0, 0.05) is 5.02 Å². The van der Waals surface area contributed by atoms with Crippen molar-refractivity contribution in [2.24, 2.45) is 0 Å². The van der Waals surface area contributed by atoms with Gasteiger partial charge < -0.3 is 9.47 Å². The van der Waals surface area contributed by atoms with Gasteiger partial charge in [0.2, 0.25) is 18.3 Å². The van der Waals surface area contributed by atoms with Crippen molar-refractivity contribution in [3.63, 3.8) is 0 Å². The molecule has 2 aliphatic rings. The number of hydrogen-bond acceptors (Lipinski definition) is 5. The Hall–Kier alpha value is -3.58. The SMILES string of the molecule is COC1=[N+]2CC2C=CC=C1Cn1cnc(C(F)(F)F)c(Oc2cc(Cl)cc(C#N)c2)c1=O. The fourth-order valence-corrected chi connectivity index (χ4v) is 3.57. The summed E-state index contributed by atoms with van der Waals surface area (Å²) in [5.41, 5.74) is -1.87. The number of nitriles is 1. The average Bonchev–Trinajstić information content (AvgIpc) is 3.49. The first kappa shape index (κ1) is 21.6. The summed E-state index contributed by atoms with van der Waals surface area (Å²) in [6.45, 7) is 0.664. The molecule has 0 aliphatic carbocycles. The zero-order valence-corrected chi connectivity index (χ0v) is 17.3. The molecule has 164 valence electrons. The maximum absolute atomic E-state index is 13.6. The molecule has 0 bridgehead atoms. The van der Waals surface area contributed by atoms with Crippen LogP contribution < -0.4 is 10.3 Å². The van der Waals surface area contributed by atoms with Crippen LogP contribution in [0.2, 0.25) is 5.02 Å². The minimum Gasteiger partial charge on any atom is -0.449 e. The van der Waals surface area contributed by atoms with Gasteiger partial charge in [-0.1, -0.05) is 17.7 Å². The third kappa shape index (κ3) is 4.24. The number of fused-ring (bicyclic) bond motifs is 1. The van der Waals surface area contributed by atoms with E-state index in [-0.39, 0.29) is 28.9 Å². The normalized spacial score (nSPS) is 17.2. The first-order chi connectivity index (χ1) is 15.2. The van der Waals surface area contributed by atoms with Gasteiger partial charge in [0.25, 0.3) is 5.56 Å². The molecule has 7 nitrogen and oxygen atoms in total. The van der Waals surface area contributed by atoms with Gasteiger partial charge in [-0.15, -0.1) is 0 Å². The second kappa shape index (κ2) is 8.16. The predicted octanol–water partition coefficient (Wildman–Crippen LogP) is 3.52. The maximum atomic E-state index is 13.6. The molecule has 1 unspecified atom stereocenters. The minimum atomic E-state index is -4.94. The van der Waals surface area contributed by atoms with Crippen LogP contribution in [-0.2, 0) is 17.5 Å². The third-order valence-electron chi connectivity index (χ3n) is 4.84. The molecule has 2 aliphatic heterocycles. The highest BCUT2D eigenvalue weighted by Crippen LogP contribution is 2.35. The largest absolute Gasteiger partial charge is 0.449 e. The molecule has 1 saturated heterocycles. The number of methoxy groups -OCH3 is 1. The van der Waals surface area contributed by atoms with Crippen molar-refractivity contribution in [3.05, 3.63) is 75.0 Å². The zero-order valence-electron chi connectivity index (χ0n) is 16.6. The minimum absolute atomic E-state index is 0.0630. The summed E-state index contributed by atoms with van der Waals surface area (Å²) in [6, 6.07) is 5.71. The van der Waals surface area contributed by atoms with Crippen LogP contribution >= 0.6 is 11.6 Å². The van der Waals surface area contributed by atoms with Crippen molar-refractivity contribution in [2.45, 2.75) is 18.8 Å². The number of hydrogen-bond donors (Lipinski definition) is 0. The fraction of sp³-hybridized carbons (Fsp3) is 0.238. The van der Waals surface area contributed by atoms with Crippen LogP contribution in [0.3, 0.4) is 0 Å². The van der Waals surface area contributed by atoms with Gasteiger partial charge in [0.15, 0.2) is 5.69 Å². The van der Waals surface area contributed by atoms with Crippen LogP contribution in [-0.4, -0.2) is 39.7 Å². The molecular formula is C21H15ClF3N4O3+. The molecule has 1 fully saturated rings. The van der Waals surface area contributed by atoms with Gasteiger partial charge in [0.1, 0.15) is 5.75 Å². The van der Waals surface area contributed by atoms with E-state index in [0.717, 1.165) is 17.4 Å². The number of nitrogens with zero attached hydrogens (tertiary/aromatic N) is 4. The number of rotatable bonds is 4. The number of halogens is 4. The third-order valence-corrected chi connectivity index (χ3v) is 5.05. The molecule has 11 heteroatoms. The van der Waals surface area contributed by atoms with Gasteiger partial charge in [-0.25, -0.2) is 4.98 Å². The molecule has 1 atom stereocenters. The highest BCUT2D eigenvalue weighted by molar-refractivity contribution is 6.30. The summed E-state index contributed by atoms with van der Waals surface area (Å²) in [5.74, 6) is -0.675. The second-order valence-corrected chi connectivity index (χ2v) is 7.48. The first-order valence-electron chi connectivity index (χ1n) is 9.31. The topological polar surface area (TPSA) is 80.2 Å². The van der Waals surface area contributed by atoms with E-state index in [9.17, 15) is 18.0 Å². The Bertz CT molecular complexity index is 1290. The number of alkyl halides is 3. The van der Waals surface area contributed by atoms with Crippen molar-refractivity contribution in [1.82, 2.24) is 9.55 Å². The molecule has 0 spiro atoms. The van der Waals surface area contributed by atoms with Gasteiger partial charge in [-0.05, 0) is 30.4 Å². The van der Waals surface area contributed by atoms with E-state index in [2.05, 4.69) is 4.98 Å². The van der Waals surface area contributed by atoms with Gasteiger partial charge in [-0.2, -0.15) is 23.0 Å². The van der Waals surface area contributed by atoms with Crippen LogP contribution in [0.1, 0.15) is 11.3 Å². The lowest BCUT2D eigenvalue weighted by Crippen LogP contribution is -2.28. The fourth-order valence-electron chi connectivity index (χ4n) is 3.34. The number of benzene rings is 1. The van der Waals surface area contributed by atoms with Crippen LogP contribution in [0.15, 0.2) is 53.1 Å². The lowest BCUT2D eigenvalue weighted by Gasteiger charge is -2.15. The van der Waals surface area contributed by atoms with Crippen LogP contribution in [0, 0.1) is 11.3 Å². The number of allylic oxidation sites excluding steroid dienone is 2. The van der Waals surface area contributed by atoms with E-state index in [1.54, 1.807) is 12.2 Å². The number of ether oxygens (including phenoxy) is 2. The van der Waals surface area contributed by atoms with Gasteiger partial charge in [-0.3, -0.25) is 9.36 Å². The van der Waals surface area contributed by atoms with Crippen molar-refractivity contribution in [2.75, 3.05) is 13.7 Å². The van der Waals surface area contributed by atoms with Gasteiger partial charge >= 0.3 is 12.1 Å². The van der Waals surface area contributed by atoms with E-state index in [4.69, 9.17) is 26.3 Å². The zero-order chi connectivity index (χ0) is 23.0. The van der Waals surface area contributed by atoms with Crippen molar-refractivity contribution in [3.8, 4) is 17.6 Å². The summed E-state index contributed by atoms with van der Waals surface area (Å²) < 4.78 is 54.3. The summed E-state index contributed by atoms with van der Waals surface area (Å²) in [4.78, 5) is 16.5. The molecule has 1 aromatic carbocycles. The molecule has 0 N–H and O–H groups in total. The molecule has 0 saturated carbocycles. The Morgan fingerprint density at radius 3 is 2.84 bits per heavy atom. The summed E-state index contributed by atoms with van der Waals surface area (Å²) in [5, 5.41) is 9.13. The van der Waals surface area contributed by atoms with Crippen LogP contribution in [0.25, 0.3) is 0 Å². The molecular weight excluding hydrogens is 449 g/mol. The predicted molar refractivity (Wildman–Crippen MR) is 108 cm³/mol. The summed E-state index contributed by atoms with van der Waals surface area (Å²) in [6.07, 6.45) is 1.37. The molecule has 3 heterocycles. The average molecular weight is 464 g/mol. The molecule has 1 aromatic heterocycles. The van der Waals surface area contributed by atoms with Crippen molar-refractivity contribution < 1.29 is 27.2 Å². The Morgan fingerprint density at radius 2 is 2.16 bits per heavy atom. The molecule has 4 rings (SSSR count). The quantitative estimate of drug-likeness (QED) is 0.512. The highest BCUT2D eigenvalue weighted by atomic mass is 35.5. The standard InChI is InChI=1S/C21H15ClF3N4O3/c1-31-20-13(3-2-4-15-10-29(15)20)9-28-11-27-18(21(23,24)25)17(19(28)30)32-16-6-12(8-26)5-14(22)7-16/h2-7,11,15H,9-10H2,1H3/q+1. The molecule has 0 amide bonds. The lowest BCUT2D eigenvalue weighted by atomic mass is 10.2. The maximum Gasteiger partial charge on any atom is 0.437 e. The molecule has 32 heavy (non-hydrogen) atoms. The monoisotopic (exact) mass is 463 g/mol. The van der Waals surface area contributed by atoms with E-state index in [1.165, 1.54) is 25.3 Å². The molecule has 0 radical (unpaired) electrons. The Balaban J connectivity index is 1.77. The van der Waals surface area contributed by atoms with E-state index in [0.29, 0.717) is 11.5 Å². The highest BCUT2D eigenvalue weighted by Gasteiger charge is 2.44. The Kier molecular flexibility index (Phi) is 5.52. The first-order valence-corrected chi connectivity index (χ1v) is 9.69. The Labute approximate surface area is 184 Å².